The average molecular weight is 436 g/mol. The molecule has 0 atom stereocenters. The van der Waals surface area contributed by atoms with Crippen LogP contribution in [0.15, 0.2) is 0 Å². The fraction of sp³-hybridized carbons (Fsp3) is 0.833. The smallest absolute Gasteiger partial charge is 0.235 e. The van der Waals surface area contributed by atoms with E-state index in [2.05, 4.69) is 20.8 Å². The monoisotopic (exact) mass is 435 g/mol. The molecule has 0 radical (unpaired) electrons. The SMILES string of the molecule is CCCSCC(=O)N1CN(C(=O)CSCCC)CN(C(=O)CSCCC)C1. The summed E-state index contributed by atoms with van der Waals surface area (Å²) in [5, 5.41) is 0. The highest BCUT2D eigenvalue weighted by Gasteiger charge is 2.31. The van der Waals surface area contributed by atoms with Gasteiger partial charge in [-0.05, 0) is 36.5 Å². The van der Waals surface area contributed by atoms with Crippen molar-refractivity contribution in [2.24, 2.45) is 0 Å². The van der Waals surface area contributed by atoms with Gasteiger partial charge in [0.25, 0.3) is 0 Å². The number of amides is 3. The molecule has 0 aromatic carbocycles. The lowest BCUT2D eigenvalue weighted by Gasteiger charge is -2.42. The van der Waals surface area contributed by atoms with E-state index in [1.165, 1.54) is 0 Å². The van der Waals surface area contributed by atoms with E-state index in [0.29, 0.717) is 17.3 Å². The molecule has 0 unspecified atom stereocenters. The molecule has 1 aliphatic heterocycles. The van der Waals surface area contributed by atoms with Crippen molar-refractivity contribution >= 4 is 53.0 Å². The van der Waals surface area contributed by atoms with E-state index >= 15 is 0 Å². The molecule has 1 saturated heterocycles. The van der Waals surface area contributed by atoms with E-state index in [1.54, 1.807) is 50.0 Å². The maximum Gasteiger partial charge on any atom is 0.235 e. The number of hydrogen-bond acceptors (Lipinski definition) is 6. The van der Waals surface area contributed by atoms with E-state index in [0.717, 1.165) is 36.5 Å². The number of thioether (sulfide) groups is 3. The van der Waals surface area contributed by atoms with Gasteiger partial charge in [0.2, 0.25) is 17.7 Å². The van der Waals surface area contributed by atoms with Crippen LogP contribution in [0.5, 0.6) is 0 Å². The second kappa shape index (κ2) is 14.5. The highest BCUT2D eigenvalue weighted by atomic mass is 32.2. The second-order valence-corrected chi connectivity index (χ2v) is 9.70. The van der Waals surface area contributed by atoms with Crippen molar-refractivity contribution in [3.63, 3.8) is 0 Å². The summed E-state index contributed by atoms with van der Waals surface area (Å²) < 4.78 is 0. The Morgan fingerprint density at radius 1 is 0.593 bits per heavy atom. The summed E-state index contributed by atoms with van der Waals surface area (Å²) in [6, 6.07) is 0. The molecule has 6 nitrogen and oxygen atoms in total. The molecule has 27 heavy (non-hydrogen) atoms. The summed E-state index contributed by atoms with van der Waals surface area (Å²) in [6.45, 7) is 7.10. The van der Waals surface area contributed by atoms with Crippen LogP contribution < -0.4 is 0 Å². The molecule has 9 heteroatoms. The van der Waals surface area contributed by atoms with Crippen molar-refractivity contribution in [1.82, 2.24) is 14.7 Å². The molecule has 156 valence electrons. The van der Waals surface area contributed by atoms with E-state index < -0.39 is 0 Å². The topological polar surface area (TPSA) is 60.9 Å². The summed E-state index contributed by atoms with van der Waals surface area (Å²) in [5.74, 6) is 3.97. The van der Waals surface area contributed by atoms with Crippen LogP contribution >= 0.6 is 35.3 Å². The second-order valence-electron chi connectivity index (χ2n) is 6.38. The zero-order valence-corrected chi connectivity index (χ0v) is 19.2. The van der Waals surface area contributed by atoms with Gasteiger partial charge in [-0.15, -0.1) is 0 Å². The van der Waals surface area contributed by atoms with Crippen molar-refractivity contribution in [1.29, 1.82) is 0 Å². The Bertz CT molecular complexity index is 407. The van der Waals surface area contributed by atoms with Gasteiger partial charge < -0.3 is 14.7 Å². The summed E-state index contributed by atoms with van der Waals surface area (Å²) in [6.07, 6.45) is 3.07. The van der Waals surface area contributed by atoms with Crippen LogP contribution in [0.3, 0.4) is 0 Å². The Morgan fingerprint density at radius 2 is 0.852 bits per heavy atom. The van der Waals surface area contributed by atoms with Gasteiger partial charge in [0.15, 0.2) is 0 Å². The maximum atomic E-state index is 12.5. The Kier molecular flexibility index (Phi) is 13.1. The Labute approximate surface area is 176 Å². The molecule has 0 N–H and O–H groups in total. The fourth-order valence-electron chi connectivity index (χ4n) is 2.41. The predicted octanol–water partition coefficient (Wildman–Crippen LogP) is 2.79. The lowest BCUT2D eigenvalue weighted by atomic mass is 10.4. The number of nitrogens with zero attached hydrogens (tertiary/aromatic N) is 3. The molecule has 1 rings (SSSR count). The maximum absolute atomic E-state index is 12.5. The summed E-state index contributed by atoms with van der Waals surface area (Å²) >= 11 is 4.80. The summed E-state index contributed by atoms with van der Waals surface area (Å²) in [5.41, 5.74) is 0. The third-order valence-corrected chi connectivity index (χ3v) is 7.25. The highest BCUT2D eigenvalue weighted by molar-refractivity contribution is 8.00. The van der Waals surface area contributed by atoms with E-state index in [9.17, 15) is 14.4 Å². The molecule has 0 aliphatic carbocycles. The molecular formula is C18H33N3O3S3. The van der Waals surface area contributed by atoms with Crippen molar-refractivity contribution in [2.45, 2.75) is 40.0 Å². The number of carbonyl (C=O) groups is 3. The minimum absolute atomic E-state index is 0.00817. The van der Waals surface area contributed by atoms with Gasteiger partial charge in [0.1, 0.15) is 0 Å². The molecule has 0 bridgehead atoms. The van der Waals surface area contributed by atoms with E-state index in [-0.39, 0.29) is 37.7 Å². The molecular weight excluding hydrogens is 402 g/mol. The first kappa shape index (κ1) is 24.5. The fourth-order valence-corrected chi connectivity index (χ4v) is 4.78. The van der Waals surface area contributed by atoms with Crippen LogP contribution in [0.1, 0.15) is 40.0 Å². The van der Waals surface area contributed by atoms with Crippen LogP contribution in [0.25, 0.3) is 0 Å². The number of carbonyl (C=O) groups excluding carboxylic acids is 3. The Hall–Kier alpha value is -0.540. The molecule has 0 spiro atoms. The van der Waals surface area contributed by atoms with Gasteiger partial charge in [-0.1, -0.05) is 20.8 Å². The van der Waals surface area contributed by atoms with Gasteiger partial charge in [0, 0.05) is 0 Å². The van der Waals surface area contributed by atoms with Gasteiger partial charge in [-0.25, -0.2) is 0 Å². The van der Waals surface area contributed by atoms with Crippen molar-refractivity contribution in [3.8, 4) is 0 Å². The van der Waals surface area contributed by atoms with Crippen LogP contribution in [-0.2, 0) is 14.4 Å². The Morgan fingerprint density at radius 3 is 1.07 bits per heavy atom. The Balaban J connectivity index is 2.71. The normalized spacial score (nSPS) is 14.6. The average Bonchev–Trinajstić information content (AvgIpc) is 2.67. The van der Waals surface area contributed by atoms with Gasteiger partial charge in [0.05, 0.1) is 37.3 Å². The third kappa shape index (κ3) is 9.47. The van der Waals surface area contributed by atoms with Crippen molar-refractivity contribution in [3.05, 3.63) is 0 Å². The van der Waals surface area contributed by atoms with Gasteiger partial charge in [-0.3, -0.25) is 14.4 Å². The molecule has 1 fully saturated rings. The molecule has 0 aromatic heterocycles. The molecule has 1 aliphatic rings. The van der Waals surface area contributed by atoms with Gasteiger partial charge >= 0.3 is 0 Å². The minimum Gasteiger partial charge on any atom is -0.306 e. The van der Waals surface area contributed by atoms with Crippen LogP contribution in [0.2, 0.25) is 0 Å². The molecule has 3 amide bonds. The van der Waals surface area contributed by atoms with Crippen molar-refractivity contribution < 1.29 is 14.4 Å². The number of hydrogen-bond donors (Lipinski definition) is 0. The van der Waals surface area contributed by atoms with Crippen molar-refractivity contribution in [2.75, 3.05) is 54.5 Å². The predicted molar refractivity (Wildman–Crippen MR) is 118 cm³/mol. The first-order valence-electron chi connectivity index (χ1n) is 9.59. The highest BCUT2D eigenvalue weighted by Crippen LogP contribution is 2.15. The lowest BCUT2D eigenvalue weighted by molar-refractivity contribution is -0.155. The molecule has 1 heterocycles. The number of rotatable bonds is 12. The van der Waals surface area contributed by atoms with E-state index in [1.807, 2.05) is 0 Å². The summed E-state index contributed by atoms with van der Waals surface area (Å²) in [4.78, 5) is 42.6. The van der Waals surface area contributed by atoms with Crippen LogP contribution in [0.4, 0.5) is 0 Å². The largest absolute Gasteiger partial charge is 0.306 e. The summed E-state index contributed by atoms with van der Waals surface area (Å²) in [7, 11) is 0. The quantitative estimate of drug-likeness (QED) is 0.439. The first-order valence-corrected chi connectivity index (χ1v) is 13.1. The molecule has 0 saturated carbocycles. The van der Waals surface area contributed by atoms with Crippen LogP contribution in [0, 0.1) is 0 Å². The third-order valence-electron chi connectivity index (χ3n) is 3.80. The lowest BCUT2D eigenvalue weighted by Crippen LogP contribution is -2.60. The van der Waals surface area contributed by atoms with E-state index in [4.69, 9.17) is 0 Å². The van der Waals surface area contributed by atoms with Gasteiger partial charge in [-0.2, -0.15) is 35.3 Å². The zero-order valence-electron chi connectivity index (χ0n) is 16.8. The minimum atomic E-state index is -0.00817. The molecule has 0 aromatic rings. The zero-order chi connectivity index (χ0) is 20.1. The standard InChI is InChI=1S/C18H33N3O3S3/c1-4-7-25-10-16(22)19-13-20(17(23)11-26-8-5-2)15-21(14-19)18(24)12-27-9-6-3/h4-15H2,1-3H3. The van der Waals surface area contributed by atoms with Crippen LogP contribution in [-0.4, -0.2) is 86.9 Å². The first-order chi connectivity index (χ1) is 13.0.